The number of hydrogen-bond acceptors (Lipinski definition) is 6. The Morgan fingerprint density at radius 3 is 2.65 bits per heavy atom. The Balaban J connectivity index is 1.39. The number of hydrogen-bond donors (Lipinski definition) is 2. The first-order valence-electron chi connectivity index (χ1n) is 9.79. The van der Waals surface area contributed by atoms with E-state index in [1.807, 2.05) is 11.0 Å². The van der Waals surface area contributed by atoms with Gasteiger partial charge in [0, 0.05) is 30.1 Å². The third-order valence-electron chi connectivity index (χ3n) is 5.42. The molecule has 0 saturated carbocycles. The summed E-state index contributed by atoms with van der Waals surface area (Å²) in [6.45, 7) is 2.82. The largest absolute Gasteiger partial charge is 0.419 e. The number of rotatable bonds is 3. The lowest BCUT2D eigenvalue weighted by molar-refractivity contribution is -0.137. The first-order chi connectivity index (χ1) is 14.8. The van der Waals surface area contributed by atoms with E-state index in [0.29, 0.717) is 36.5 Å². The summed E-state index contributed by atoms with van der Waals surface area (Å²) >= 11 is 5.95. The van der Waals surface area contributed by atoms with Crippen LogP contribution in [0.1, 0.15) is 39.9 Å². The van der Waals surface area contributed by atoms with E-state index < -0.39 is 12.0 Å². The lowest BCUT2D eigenvalue weighted by Crippen LogP contribution is -2.50. The van der Waals surface area contributed by atoms with Crippen LogP contribution >= 0.6 is 11.6 Å². The molecule has 0 aliphatic carbocycles. The fraction of sp³-hybridized carbons (Fsp3) is 0.273. The van der Waals surface area contributed by atoms with E-state index in [0.717, 1.165) is 16.7 Å². The van der Waals surface area contributed by atoms with Crippen molar-refractivity contribution < 1.29 is 23.9 Å². The van der Waals surface area contributed by atoms with Crippen LogP contribution in [-0.4, -0.2) is 34.8 Å². The van der Waals surface area contributed by atoms with Crippen molar-refractivity contribution in [2.45, 2.75) is 38.9 Å². The SMILES string of the molecule is Cc1cc(OC(=O)NC(=O)c2ccc3c(c2)CN(C2CCC(=O)NC2=O)C3)ccc1Cl. The first-order valence-corrected chi connectivity index (χ1v) is 10.2. The maximum Gasteiger partial charge on any atom is 0.419 e. The van der Waals surface area contributed by atoms with E-state index in [2.05, 4.69) is 10.6 Å². The van der Waals surface area contributed by atoms with Crippen molar-refractivity contribution in [1.82, 2.24) is 15.5 Å². The van der Waals surface area contributed by atoms with Crippen LogP contribution in [-0.2, 0) is 22.7 Å². The molecule has 9 heteroatoms. The molecule has 2 aromatic rings. The van der Waals surface area contributed by atoms with E-state index in [-0.39, 0.29) is 23.6 Å². The van der Waals surface area contributed by atoms with Crippen LogP contribution in [0, 0.1) is 6.92 Å². The zero-order chi connectivity index (χ0) is 22.1. The van der Waals surface area contributed by atoms with Crippen LogP contribution < -0.4 is 15.4 Å². The van der Waals surface area contributed by atoms with Crippen molar-refractivity contribution in [3.63, 3.8) is 0 Å². The Hall–Kier alpha value is -3.23. The highest BCUT2D eigenvalue weighted by molar-refractivity contribution is 6.31. The molecule has 4 rings (SSSR count). The quantitative estimate of drug-likeness (QED) is 0.709. The van der Waals surface area contributed by atoms with Crippen molar-refractivity contribution in [1.29, 1.82) is 0 Å². The van der Waals surface area contributed by atoms with E-state index in [9.17, 15) is 19.2 Å². The van der Waals surface area contributed by atoms with Crippen molar-refractivity contribution in [3.8, 4) is 5.75 Å². The highest BCUT2D eigenvalue weighted by Crippen LogP contribution is 2.28. The minimum Gasteiger partial charge on any atom is -0.410 e. The average molecular weight is 442 g/mol. The highest BCUT2D eigenvalue weighted by atomic mass is 35.5. The fourth-order valence-corrected chi connectivity index (χ4v) is 3.91. The molecule has 1 atom stereocenters. The number of fused-ring (bicyclic) bond motifs is 1. The van der Waals surface area contributed by atoms with Crippen LogP contribution in [0.3, 0.4) is 0 Å². The summed E-state index contributed by atoms with van der Waals surface area (Å²) in [7, 11) is 0. The third kappa shape index (κ3) is 4.60. The van der Waals surface area contributed by atoms with Crippen molar-refractivity contribution in [2.24, 2.45) is 0 Å². The van der Waals surface area contributed by atoms with Crippen molar-refractivity contribution in [3.05, 3.63) is 63.7 Å². The minimum absolute atomic E-state index is 0.252. The molecule has 2 aliphatic rings. The number of imide groups is 2. The summed E-state index contributed by atoms with van der Waals surface area (Å²) < 4.78 is 5.14. The van der Waals surface area contributed by atoms with Crippen LogP contribution in [0.2, 0.25) is 5.02 Å². The molecule has 31 heavy (non-hydrogen) atoms. The van der Waals surface area contributed by atoms with Gasteiger partial charge in [0.05, 0.1) is 6.04 Å². The van der Waals surface area contributed by atoms with Crippen LogP contribution in [0.25, 0.3) is 0 Å². The summed E-state index contributed by atoms with van der Waals surface area (Å²) in [5.74, 6) is -0.848. The molecule has 0 bridgehead atoms. The predicted molar refractivity (Wildman–Crippen MR) is 112 cm³/mol. The number of nitrogens with zero attached hydrogens (tertiary/aromatic N) is 1. The Kier molecular flexibility index (Phi) is 5.75. The molecule has 1 saturated heterocycles. The smallest absolute Gasteiger partial charge is 0.410 e. The van der Waals surface area contributed by atoms with Gasteiger partial charge in [0.15, 0.2) is 0 Å². The third-order valence-corrected chi connectivity index (χ3v) is 5.85. The lowest BCUT2D eigenvalue weighted by atomic mass is 10.0. The van der Waals surface area contributed by atoms with Crippen LogP contribution in [0.5, 0.6) is 5.75 Å². The van der Waals surface area contributed by atoms with E-state index >= 15 is 0 Å². The predicted octanol–water partition coefficient (Wildman–Crippen LogP) is 2.70. The second kappa shape index (κ2) is 8.49. The molecular weight excluding hydrogens is 422 g/mol. The molecule has 0 aromatic heterocycles. The number of aryl methyl sites for hydroxylation is 1. The number of piperidine rings is 1. The van der Waals surface area contributed by atoms with Gasteiger partial charge < -0.3 is 4.74 Å². The fourth-order valence-electron chi connectivity index (χ4n) is 3.79. The molecule has 2 N–H and O–H groups in total. The van der Waals surface area contributed by atoms with E-state index in [1.54, 1.807) is 37.3 Å². The molecule has 2 aliphatic heterocycles. The molecule has 0 spiro atoms. The number of carbonyl (C=O) groups is 4. The summed E-state index contributed by atoms with van der Waals surface area (Å²) in [6.07, 6.45) is -0.105. The topological polar surface area (TPSA) is 105 Å². The van der Waals surface area contributed by atoms with Gasteiger partial charge in [0.2, 0.25) is 11.8 Å². The number of amides is 4. The molecule has 1 unspecified atom stereocenters. The standard InChI is InChI=1S/C22H20ClN3O5/c1-12-8-16(4-5-17(12)23)31-22(30)25-20(28)13-2-3-14-10-26(11-15(14)9-13)18-6-7-19(27)24-21(18)29/h2-5,8-9,18H,6-7,10-11H2,1H3,(H,24,27,29)(H,25,28,30). The molecule has 2 heterocycles. The van der Waals surface area contributed by atoms with Crippen molar-refractivity contribution in [2.75, 3.05) is 0 Å². The second-order valence-electron chi connectivity index (χ2n) is 7.61. The van der Waals surface area contributed by atoms with Gasteiger partial charge in [-0.3, -0.25) is 29.9 Å². The van der Waals surface area contributed by atoms with Crippen LogP contribution in [0.4, 0.5) is 4.79 Å². The second-order valence-corrected chi connectivity index (χ2v) is 8.02. The Morgan fingerprint density at radius 1 is 1.13 bits per heavy atom. The molecule has 160 valence electrons. The number of carbonyl (C=O) groups excluding carboxylic acids is 4. The van der Waals surface area contributed by atoms with Gasteiger partial charge in [0.25, 0.3) is 5.91 Å². The summed E-state index contributed by atoms with van der Waals surface area (Å²) in [4.78, 5) is 50.0. The number of nitrogens with one attached hydrogen (secondary N) is 2. The monoisotopic (exact) mass is 441 g/mol. The Morgan fingerprint density at radius 2 is 1.90 bits per heavy atom. The number of halogens is 1. The molecule has 8 nitrogen and oxygen atoms in total. The molecule has 4 amide bonds. The summed E-state index contributed by atoms with van der Waals surface area (Å²) in [6, 6.07) is 9.52. The van der Waals surface area contributed by atoms with Crippen LogP contribution in [0.15, 0.2) is 36.4 Å². The van der Waals surface area contributed by atoms with Crippen molar-refractivity contribution >= 4 is 35.4 Å². The number of ether oxygens (including phenoxy) is 1. The van der Waals surface area contributed by atoms with Gasteiger partial charge in [-0.2, -0.15) is 0 Å². The highest BCUT2D eigenvalue weighted by Gasteiger charge is 2.34. The average Bonchev–Trinajstić information content (AvgIpc) is 3.13. The van der Waals surface area contributed by atoms with Gasteiger partial charge in [0.1, 0.15) is 5.75 Å². The van der Waals surface area contributed by atoms with Gasteiger partial charge in [-0.15, -0.1) is 0 Å². The zero-order valence-electron chi connectivity index (χ0n) is 16.7. The Labute approximate surface area is 183 Å². The lowest BCUT2D eigenvalue weighted by Gasteiger charge is -2.29. The zero-order valence-corrected chi connectivity index (χ0v) is 17.5. The van der Waals surface area contributed by atoms with E-state index in [4.69, 9.17) is 16.3 Å². The maximum atomic E-state index is 12.5. The Bertz CT molecular complexity index is 1100. The normalized spacial score (nSPS) is 18.3. The van der Waals surface area contributed by atoms with Gasteiger partial charge in [-0.25, -0.2) is 4.79 Å². The molecule has 1 fully saturated rings. The minimum atomic E-state index is -0.891. The molecule has 0 radical (unpaired) electrons. The summed E-state index contributed by atoms with van der Waals surface area (Å²) in [5, 5.41) is 5.13. The molecule has 2 aromatic carbocycles. The number of benzene rings is 2. The molecular formula is C22H20ClN3O5. The van der Waals surface area contributed by atoms with E-state index in [1.165, 1.54) is 0 Å². The first kappa shape index (κ1) is 21.0. The van der Waals surface area contributed by atoms with Gasteiger partial charge in [-0.05, 0) is 60.4 Å². The maximum absolute atomic E-state index is 12.5. The van der Waals surface area contributed by atoms with Gasteiger partial charge in [-0.1, -0.05) is 17.7 Å². The van der Waals surface area contributed by atoms with Gasteiger partial charge >= 0.3 is 6.09 Å². The summed E-state index contributed by atoms with van der Waals surface area (Å²) in [5.41, 5.74) is 2.96.